The molecule has 0 aliphatic rings. The highest BCUT2D eigenvalue weighted by atomic mass is 15.3. The van der Waals surface area contributed by atoms with Crippen molar-refractivity contribution in [3.63, 3.8) is 0 Å². The second kappa shape index (κ2) is 7.88. The molecule has 0 fully saturated rings. The topological polar surface area (TPSA) is 55.6 Å². The molecular weight excluding hydrogens is 262 g/mol. The number of rotatable bonds is 8. The average molecular weight is 287 g/mol. The fourth-order valence-corrected chi connectivity index (χ4v) is 2.42. The minimum atomic E-state index is 0.233. The van der Waals surface area contributed by atoms with Crippen LogP contribution in [0.15, 0.2) is 24.8 Å². The van der Waals surface area contributed by atoms with Crippen LogP contribution in [-0.2, 0) is 13.0 Å². The summed E-state index contributed by atoms with van der Waals surface area (Å²) in [5.41, 5.74) is 2.40. The second-order valence-corrected chi connectivity index (χ2v) is 5.41. The Balaban J connectivity index is 2.17. The molecule has 114 valence electrons. The first-order valence-electron chi connectivity index (χ1n) is 7.76. The summed E-state index contributed by atoms with van der Waals surface area (Å²) in [5.74, 6) is 1.03. The van der Waals surface area contributed by atoms with Gasteiger partial charge in [-0.15, -0.1) is 0 Å². The molecule has 0 radical (unpaired) electrons. The summed E-state index contributed by atoms with van der Waals surface area (Å²) in [6.45, 7) is 8.32. The third-order valence-corrected chi connectivity index (χ3v) is 3.46. The van der Waals surface area contributed by atoms with Crippen molar-refractivity contribution in [3.05, 3.63) is 41.7 Å². The van der Waals surface area contributed by atoms with Gasteiger partial charge in [0.1, 0.15) is 12.2 Å². The summed E-state index contributed by atoms with van der Waals surface area (Å²) in [6, 6.07) is 2.43. The molecule has 0 aliphatic heterocycles. The summed E-state index contributed by atoms with van der Waals surface area (Å²) in [4.78, 5) is 8.74. The van der Waals surface area contributed by atoms with Gasteiger partial charge in [-0.2, -0.15) is 5.10 Å². The van der Waals surface area contributed by atoms with Crippen molar-refractivity contribution < 1.29 is 0 Å². The number of pyridine rings is 1. The van der Waals surface area contributed by atoms with Crippen LogP contribution in [0, 0.1) is 6.92 Å². The molecule has 0 saturated carbocycles. The third-order valence-electron chi connectivity index (χ3n) is 3.46. The predicted octanol–water partition coefficient (Wildman–Crippen LogP) is 2.67. The standard InChI is InChI=1S/C16H25N5/c1-4-6-18-15(14-8-13(3)10-17-11-14)9-16-19-12-20-21(16)7-5-2/h8,10-12,15,18H,4-7,9H2,1-3H3. The van der Waals surface area contributed by atoms with E-state index < -0.39 is 0 Å². The van der Waals surface area contributed by atoms with Crippen LogP contribution < -0.4 is 5.32 Å². The largest absolute Gasteiger partial charge is 0.310 e. The second-order valence-electron chi connectivity index (χ2n) is 5.41. The van der Waals surface area contributed by atoms with Gasteiger partial charge >= 0.3 is 0 Å². The predicted molar refractivity (Wildman–Crippen MR) is 84.0 cm³/mol. The van der Waals surface area contributed by atoms with Crippen molar-refractivity contribution in [3.8, 4) is 0 Å². The van der Waals surface area contributed by atoms with Crippen LogP contribution in [0.1, 0.15) is 49.7 Å². The first-order valence-corrected chi connectivity index (χ1v) is 7.76. The average Bonchev–Trinajstić information content (AvgIpc) is 2.91. The minimum absolute atomic E-state index is 0.233. The fourth-order valence-electron chi connectivity index (χ4n) is 2.42. The van der Waals surface area contributed by atoms with E-state index in [4.69, 9.17) is 0 Å². The van der Waals surface area contributed by atoms with Crippen molar-refractivity contribution in [1.82, 2.24) is 25.1 Å². The quantitative estimate of drug-likeness (QED) is 0.811. The van der Waals surface area contributed by atoms with Gasteiger partial charge in [0.05, 0.1) is 0 Å². The zero-order valence-electron chi connectivity index (χ0n) is 13.2. The molecule has 2 aromatic rings. The summed E-state index contributed by atoms with van der Waals surface area (Å²) in [5, 5.41) is 7.91. The maximum atomic E-state index is 4.42. The maximum absolute atomic E-state index is 4.42. The van der Waals surface area contributed by atoms with Gasteiger partial charge in [-0.25, -0.2) is 4.98 Å². The minimum Gasteiger partial charge on any atom is -0.310 e. The monoisotopic (exact) mass is 287 g/mol. The fraction of sp³-hybridized carbons (Fsp3) is 0.562. The van der Waals surface area contributed by atoms with Gasteiger partial charge in [0.2, 0.25) is 0 Å². The molecule has 0 aromatic carbocycles. The molecule has 0 spiro atoms. The molecule has 5 nitrogen and oxygen atoms in total. The number of nitrogens with one attached hydrogen (secondary N) is 1. The number of nitrogens with zero attached hydrogens (tertiary/aromatic N) is 4. The van der Waals surface area contributed by atoms with E-state index in [9.17, 15) is 0 Å². The van der Waals surface area contributed by atoms with Crippen LogP contribution in [0.3, 0.4) is 0 Å². The normalized spacial score (nSPS) is 12.5. The van der Waals surface area contributed by atoms with Crippen molar-refractivity contribution >= 4 is 0 Å². The first kappa shape index (κ1) is 15.6. The Morgan fingerprint density at radius 2 is 2.10 bits per heavy atom. The van der Waals surface area contributed by atoms with E-state index in [1.807, 2.05) is 17.1 Å². The lowest BCUT2D eigenvalue weighted by molar-refractivity contribution is 0.487. The van der Waals surface area contributed by atoms with Crippen LogP contribution in [0.2, 0.25) is 0 Å². The molecule has 1 atom stereocenters. The van der Waals surface area contributed by atoms with Crippen LogP contribution in [-0.4, -0.2) is 26.3 Å². The Hall–Kier alpha value is -1.75. The van der Waals surface area contributed by atoms with Crippen LogP contribution in [0.4, 0.5) is 0 Å². The van der Waals surface area contributed by atoms with E-state index in [0.717, 1.165) is 38.2 Å². The van der Waals surface area contributed by atoms with E-state index in [1.165, 1.54) is 11.1 Å². The Labute approximate surface area is 126 Å². The molecule has 1 unspecified atom stereocenters. The molecular formula is C16H25N5. The van der Waals surface area contributed by atoms with Gasteiger partial charge in [-0.3, -0.25) is 9.67 Å². The molecule has 0 saturated heterocycles. The molecule has 0 amide bonds. The van der Waals surface area contributed by atoms with Crippen molar-refractivity contribution in [2.75, 3.05) is 6.54 Å². The molecule has 0 bridgehead atoms. The van der Waals surface area contributed by atoms with E-state index in [-0.39, 0.29) is 6.04 Å². The number of aromatic nitrogens is 4. The summed E-state index contributed by atoms with van der Waals surface area (Å²) >= 11 is 0. The van der Waals surface area contributed by atoms with Crippen molar-refractivity contribution in [2.24, 2.45) is 0 Å². The highest BCUT2D eigenvalue weighted by molar-refractivity contribution is 5.21. The van der Waals surface area contributed by atoms with Gasteiger partial charge in [0.15, 0.2) is 0 Å². The smallest absolute Gasteiger partial charge is 0.138 e. The Kier molecular flexibility index (Phi) is 5.87. The summed E-state index contributed by atoms with van der Waals surface area (Å²) < 4.78 is 2.00. The molecule has 21 heavy (non-hydrogen) atoms. The Morgan fingerprint density at radius 3 is 2.81 bits per heavy atom. The lowest BCUT2D eigenvalue weighted by Crippen LogP contribution is -2.25. The van der Waals surface area contributed by atoms with E-state index in [1.54, 1.807) is 6.33 Å². The Morgan fingerprint density at radius 1 is 1.24 bits per heavy atom. The lowest BCUT2D eigenvalue weighted by atomic mass is 10.0. The van der Waals surface area contributed by atoms with E-state index in [2.05, 4.69) is 47.2 Å². The van der Waals surface area contributed by atoms with Gasteiger partial charge in [0, 0.05) is 31.4 Å². The van der Waals surface area contributed by atoms with E-state index in [0.29, 0.717) is 0 Å². The molecule has 2 aromatic heterocycles. The Bertz CT molecular complexity index is 549. The maximum Gasteiger partial charge on any atom is 0.138 e. The SMILES string of the molecule is CCCNC(Cc1ncnn1CCC)c1cncc(C)c1. The van der Waals surface area contributed by atoms with Crippen molar-refractivity contribution in [1.29, 1.82) is 0 Å². The molecule has 2 heterocycles. The van der Waals surface area contributed by atoms with Gasteiger partial charge < -0.3 is 5.32 Å². The highest BCUT2D eigenvalue weighted by Crippen LogP contribution is 2.18. The van der Waals surface area contributed by atoms with Crippen molar-refractivity contribution in [2.45, 2.75) is 52.6 Å². The molecule has 2 rings (SSSR count). The zero-order valence-corrected chi connectivity index (χ0v) is 13.2. The molecule has 0 aliphatic carbocycles. The van der Waals surface area contributed by atoms with Crippen LogP contribution >= 0.6 is 0 Å². The number of aryl methyl sites for hydroxylation is 2. The van der Waals surface area contributed by atoms with Gasteiger partial charge in [-0.1, -0.05) is 19.9 Å². The molecule has 1 N–H and O–H groups in total. The van der Waals surface area contributed by atoms with Gasteiger partial charge in [0.25, 0.3) is 0 Å². The summed E-state index contributed by atoms with van der Waals surface area (Å²) in [7, 11) is 0. The number of hydrogen-bond donors (Lipinski definition) is 1. The highest BCUT2D eigenvalue weighted by Gasteiger charge is 2.15. The zero-order chi connectivity index (χ0) is 15.1. The number of hydrogen-bond acceptors (Lipinski definition) is 4. The lowest BCUT2D eigenvalue weighted by Gasteiger charge is -2.19. The van der Waals surface area contributed by atoms with E-state index >= 15 is 0 Å². The molecule has 5 heteroatoms. The van der Waals surface area contributed by atoms with Crippen LogP contribution in [0.5, 0.6) is 0 Å². The summed E-state index contributed by atoms with van der Waals surface area (Å²) in [6.07, 6.45) is 8.50. The first-order chi connectivity index (χ1) is 10.2. The third kappa shape index (κ3) is 4.36. The van der Waals surface area contributed by atoms with Crippen LogP contribution in [0.25, 0.3) is 0 Å². The van der Waals surface area contributed by atoms with Gasteiger partial charge in [-0.05, 0) is 37.4 Å².